The molecule has 0 aliphatic carbocycles. The Balaban J connectivity index is 0.847. The molecular weight excluding hydrogens is 1080 g/mol. The number of carbonyl (C=O) groups is 8. The lowest BCUT2D eigenvalue weighted by Crippen LogP contribution is -2.61. The predicted octanol–water partition coefficient (Wildman–Crippen LogP) is 5.94. The van der Waals surface area contributed by atoms with E-state index >= 15 is 4.79 Å². The van der Waals surface area contributed by atoms with Crippen LogP contribution in [-0.2, 0) is 51.9 Å². The van der Waals surface area contributed by atoms with Crippen molar-refractivity contribution in [1.82, 2.24) is 30.7 Å². The third kappa shape index (κ3) is 12.1. The summed E-state index contributed by atoms with van der Waals surface area (Å²) in [6, 6.07) is 20.4. The molecule has 4 atom stereocenters. The summed E-state index contributed by atoms with van der Waals surface area (Å²) >= 11 is 0.939. The summed E-state index contributed by atoms with van der Waals surface area (Å²) in [6.07, 6.45) is 1.28. The van der Waals surface area contributed by atoms with Crippen LogP contribution in [0, 0.1) is 17.3 Å². The number of piperidine rings is 1. The Morgan fingerprint density at radius 1 is 0.938 bits per heavy atom. The molecule has 5 heterocycles. The van der Waals surface area contributed by atoms with E-state index in [0.717, 1.165) is 39.5 Å². The maximum atomic E-state index is 15.1. The van der Waals surface area contributed by atoms with Crippen molar-refractivity contribution >= 4 is 76.3 Å². The Labute approximate surface area is 462 Å². The highest BCUT2D eigenvalue weighted by molar-refractivity contribution is 7.52. The molecule has 5 aromatic rings. The number of alkyl halides is 2. The van der Waals surface area contributed by atoms with Gasteiger partial charge in [-0.2, -0.15) is 8.78 Å². The summed E-state index contributed by atoms with van der Waals surface area (Å²) in [7, 11) is -5.87. The highest BCUT2D eigenvalue weighted by Gasteiger charge is 2.51. The highest BCUT2D eigenvalue weighted by Crippen LogP contribution is 2.59. The maximum Gasteiger partial charge on any atom is 0.399 e. The molecule has 4 aliphatic rings. The Hall–Kier alpha value is -7.67. The monoisotopic (exact) mass is 1130 g/mol. The Bertz CT molecular complexity index is 3440. The molecule has 19 nitrogen and oxygen atoms in total. The topological polar surface area (TPSA) is 258 Å². The fourth-order valence-corrected chi connectivity index (χ4v) is 11.5. The second kappa shape index (κ2) is 23.2. The molecule has 9 rings (SSSR count). The molecule has 0 spiro atoms. The van der Waals surface area contributed by atoms with E-state index in [2.05, 4.69) is 27.8 Å². The van der Waals surface area contributed by atoms with Crippen LogP contribution in [0.1, 0.15) is 117 Å². The first kappa shape index (κ1) is 57.0. The molecule has 0 saturated carbocycles. The fourth-order valence-electron chi connectivity index (χ4n) is 10.1. The van der Waals surface area contributed by atoms with Crippen molar-refractivity contribution in [2.24, 2.45) is 5.41 Å². The number of thiophene rings is 1. The van der Waals surface area contributed by atoms with E-state index in [-0.39, 0.29) is 79.4 Å². The van der Waals surface area contributed by atoms with Gasteiger partial charge in [0.1, 0.15) is 30.0 Å². The number of benzene rings is 4. The van der Waals surface area contributed by atoms with Crippen molar-refractivity contribution < 1.29 is 71.0 Å². The van der Waals surface area contributed by atoms with Crippen LogP contribution in [0.4, 0.5) is 8.78 Å². The zero-order valence-electron chi connectivity index (χ0n) is 43.8. The number of amides is 8. The number of nitrogens with one attached hydrogen (secondary N) is 3. The van der Waals surface area contributed by atoms with Crippen LogP contribution in [0.2, 0.25) is 0 Å². The molecule has 4 aliphatic heterocycles. The lowest BCUT2D eigenvalue weighted by molar-refractivity contribution is -0.153. The minimum absolute atomic E-state index is 0.00420. The summed E-state index contributed by atoms with van der Waals surface area (Å²) in [5, 5.41) is 7.98. The van der Waals surface area contributed by atoms with E-state index < -0.39 is 89.8 Å². The number of fused-ring (bicyclic) bond motifs is 3. The third-order valence-corrected chi connectivity index (χ3v) is 16.5. The number of ether oxygens (including phenoxy) is 2. The molecular formula is C57H57F2N6O13PS. The minimum Gasteiger partial charge on any atom is -0.484 e. The molecule has 23 heteroatoms. The van der Waals surface area contributed by atoms with Gasteiger partial charge >= 0.3 is 13.3 Å². The first-order valence-electron chi connectivity index (χ1n) is 25.9. The summed E-state index contributed by atoms with van der Waals surface area (Å²) in [4.78, 5) is 130. The zero-order chi connectivity index (χ0) is 57.3. The summed E-state index contributed by atoms with van der Waals surface area (Å²) in [6.45, 7) is 5.87. The van der Waals surface area contributed by atoms with E-state index in [0.29, 0.717) is 47.4 Å². The third-order valence-electron chi connectivity index (χ3n) is 14.4. The largest absolute Gasteiger partial charge is 0.484 e. The molecule has 0 bridgehead atoms. The molecule has 2 fully saturated rings. The number of halogens is 2. The van der Waals surface area contributed by atoms with Gasteiger partial charge < -0.3 is 39.7 Å². The van der Waals surface area contributed by atoms with Gasteiger partial charge in [0, 0.05) is 54.7 Å². The van der Waals surface area contributed by atoms with Gasteiger partial charge in [-0.25, -0.2) is 0 Å². The average molecular weight is 1140 g/mol. The molecule has 2 saturated heterocycles. The smallest absolute Gasteiger partial charge is 0.399 e. The van der Waals surface area contributed by atoms with Gasteiger partial charge in [0.15, 0.2) is 6.61 Å². The van der Waals surface area contributed by atoms with Crippen molar-refractivity contribution in [2.45, 2.75) is 95.7 Å². The zero-order valence-corrected chi connectivity index (χ0v) is 45.5. The second-order valence-corrected chi connectivity index (χ2v) is 23.7. The van der Waals surface area contributed by atoms with E-state index in [1.165, 1.54) is 23.1 Å². The molecule has 8 amide bonds. The Morgan fingerprint density at radius 2 is 1.71 bits per heavy atom. The van der Waals surface area contributed by atoms with Gasteiger partial charge in [-0.15, -0.1) is 11.3 Å². The van der Waals surface area contributed by atoms with Crippen LogP contribution in [-0.4, -0.2) is 123 Å². The molecule has 418 valence electrons. The van der Waals surface area contributed by atoms with Crippen molar-refractivity contribution in [2.75, 3.05) is 32.8 Å². The van der Waals surface area contributed by atoms with Gasteiger partial charge in [-0.1, -0.05) is 81.1 Å². The SMILES string of the molecule is CC(C)(C)C(NC(=O)c1cc2cc(C(F)(F)P(=O)(O)O)ccc2s1)C(=O)N1Cc2cc(OCC(=O)NCCCCC#Cc3cccc4c3C(=O)N(C3CCC(=O)NC3=O)C4=O)ccc2C[C@H]1C(=O)N1CCO[C@H](c2ccccc2)C1. The molecule has 0 radical (unpaired) electrons. The standard InChI is InChI=1S/C57H57F2N6O13PS/c1-56(2,3)49(62-51(69)45-29-36-26-38(18-21-44(36)80-45)57(58,59)79(74,75)76)55(73)64-30-37-27-39(19-17-35(37)28-42(64)53(71)63-24-25-77-43(31-63)33-12-8-6-9-13-33)78-32-47(67)60-23-10-5-4-7-14-34-15-11-16-40-48(34)54(72)65(52(40)70)41-20-22-46(66)61-50(41)68/h6,8-9,11-13,15-19,21,26-27,29,41-43,49H,4-5,10,20,22-25,28,30-32H2,1-3H3,(H,60,67)(H,62,69)(H,61,66,68)(H2,74,75,76)/t41?,42-,43-,49?/m0/s1. The van der Waals surface area contributed by atoms with Gasteiger partial charge in [-0.3, -0.25) is 53.1 Å². The van der Waals surface area contributed by atoms with Gasteiger partial charge in [0.2, 0.25) is 23.6 Å². The van der Waals surface area contributed by atoms with Gasteiger partial charge in [0.25, 0.3) is 23.6 Å². The summed E-state index contributed by atoms with van der Waals surface area (Å²) in [5.41, 5.74) is -3.48. The van der Waals surface area contributed by atoms with Crippen LogP contribution >= 0.6 is 18.9 Å². The quantitative estimate of drug-likeness (QED) is 0.0352. The van der Waals surface area contributed by atoms with Crippen LogP contribution in [0.25, 0.3) is 10.1 Å². The van der Waals surface area contributed by atoms with E-state index in [1.807, 2.05) is 30.3 Å². The van der Waals surface area contributed by atoms with Gasteiger partial charge in [-0.05, 0) is 89.2 Å². The number of nitrogens with zero attached hydrogens (tertiary/aromatic N) is 3. The molecule has 4 aromatic carbocycles. The van der Waals surface area contributed by atoms with E-state index in [9.17, 15) is 56.7 Å². The number of morpholine rings is 1. The highest BCUT2D eigenvalue weighted by atomic mass is 32.1. The fraction of sp³-hybridized carbons (Fsp3) is 0.368. The van der Waals surface area contributed by atoms with Crippen LogP contribution in [0.5, 0.6) is 5.75 Å². The first-order chi connectivity index (χ1) is 38.0. The number of rotatable bonds is 15. The second-order valence-electron chi connectivity index (χ2n) is 21.0. The van der Waals surface area contributed by atoms with Crippen molar-refractivity contribution in [3.05, 3.63) is 135 Å². The van der Waals surface area contributed by atoms with Crippen LogP contribution in [0.3, 0.4) is 0 Å². The van der Waals surface area contributed by atoms with Crippen molar-refractivity contribution in [3.8, 4) is 17.6 Å². The molecule has 80 heavy (non-hydrogen) atoms. The number of imide groups is 2. The van der Waals surface area contributed by atoms with Crippen LogP contribution < -0.4 is 20.7 Å². The normalized spacial score (nSPS) is 18.9. The minimum atomic E-state index is -5.87. The van der Waals surface area contributed by atoms with Crippen LogP contribution in [0.15, 0.2) is 91.0 Å². The first-order valence-corrected chi connectivity index (χ1v) is 28.3. The van der Waals surface area contributed by atoms with Gasteiger partial charge in [0.05, 0.1) is 29.2 Å². The number of hydrogen-bond donors (Lipinski definition) is 5. The number of carbonyl (C=O) groups excluding carboxylic acids is 8. The molecule has 2 unspecified atom stereocenters. The van der Waals surface area contributed by atoms with E-state index in [4.69, 9.17) is 9.47 Å². The summed E-state index contributed by atoms with van der Waals surface area (Å²) < 4.78 is 53.3. The maximum absolute atomic E-state index is 15.1. The predicted molar refractivity (Wildman–Crippen MR) is 287 cm³/mol. The van der Waals surface area contributed by atoms with Crippen molar-refractivity contribution in [1.29, 1.82) is 0 Å². The molecule has 1 aromatic heterocycles. The Kier molecular flexibility index (Phi) is 16.5. The lowest BCUT2D eigenvalue weighted by atomic mass is 9.84. The van der Waals surface area contributed by atoms with Crippen molar-refractivity contribution in [3.63, 3.8) is 0 Å². The Morgan fingerprint density at radius 3 is 2.45 bits per heavy atom. The molecule has 5 N–H and O–H groups in total. The summed E-state index contributed by atoms with van der Waals surface area (Å²) in [5.74, 6) is 1.87. The lowest BCUT2D eigenvalue weighted by Gasteiger charge is -2.43. The van der Waals surface area contributed by atoms with E-state index in [1.54, 1.807) is 56.0 Å². The number of hydrogen-bond acceptors (Lipinski definition) is 12. The average Bonchev–Trinajstić information content (AvgIpc) is 4.14. The number of unbranched alkanes of at least 4 members (excludes halogenated alkanes) is 2.